The zero-order valence-corrected chi connectivity index (χ0v) is 23.9. The molecule has 12 heteroatoms. The predicted molar refractivity (Wildman–Crippen MR) is 153 cm³/mol. The van der Waals surface area contributed by atoms with Crippen LogP contribution in [0.4, 0.5) is 13.2 Å². The molecule has 0 atom stereocenters. The van der Waals surface area contributed by atoms with Crippen molar-refractivity contribution in [2.45, 2.75) is 39.2 Å². The van der Waals surface area contributed by atoms with Crippen molar-refractivity contribution in [1.29, 1.82) is 0 Å². The number of ether oxygens (including phenoxy) is 2. The molecule has 0 aliphatic carbocycles. The van der Waals surface area contributed by atoms with Crippen LogP contribution in [0.25, 0.3) is 16.8 Å². The van der Waals surface area contributed by atoms with E-state index in [4.69, 9.17) is 27.9 Å². The molecule has 0 fully saturated rings. The quantitative estimate of drug-likeness (QED) is 0.175. The van der Waals surface area contributed by atoms with Gasteiger partial charge in [0.25, 0.3) is 5.91 Å². The molecule has 42 heavy (non-hydrogen) atoms. The van der Waals surface area contributed by atoms with Crippen LogP contribution in [-0.4, -0.2) is 34.4 Å². The summed E-state index contributed by atoms with van der Waals surface area (Å²) in [6.07, 6.45) is -1.60. The number of rotatable bonds is 12. The summed E-state index contributed by atoms with van der Waals surface area (Å²) in [7, 11) is 0. The lowest BCUT2D eigenvalue weighted by Crippen LogP contribution is -2.26. The second kappa shape index (κ2) is 13.8. The van der Waals surface area contributed by atoms with E-state index in [1.807, 2.05) is 6.92 Å². The number of nitrogens with one attached hydrogen (secondary N) is 1. The summed E-state index contributed by atoms with van der Waals surface area (Å²) in [6.45, 7) is 2.29. The number of ketones is 1. The first-order valence-corrected chi connectivity index (χ1v) is 13.7. The van der Waals surface area contributed by atoms with Gasteiger partial charge in [-0.1, -0.05) is 54.4 Å². The number of carbonyl (C=O) groups excluding carboxylic acids is 2. The van der Waals surface area contributed by atoms with Gasteiger partial charge in [-0.2, -0.15) is 0 Å². The molecule has 4 rings (SSSR count). The van der Waals surface area contributed by atoms with Gasteiger partial charge in [0, 0.05) is 41.2 Å². The van der Waals surface area contributed by atoms with E-state index in [-0.39, 0.29) is 36.5 Å². The standard InChI is InChI=1S/C30H26Cl2F3N3O4/c1-2-3-25(39)12-13-36-28(40)21-6-4-19(5-7-21)18-41-29-27(20-8-10-26(11-9-20)42-30(33,34)35)17-38(37-29)24-15-22(31)14-23(32)16-24/h4-11,14-17H,2-3,12-13,18H2,1H3,(H,36,40). The number of hydrogen-bond donors (Lipinski definition) is 1. The number of benzene rings is 3. The summed E-state index contributed by atoms with van der Waals surface area (Å²) >= 11 is 12.3. The predicted octanol–water partition coefficient (Wildman–Crippen LogP) is 7.81. The average molecular weight is 620 g/mol. The molecule has 0 saturated heterocycles. The maximum atomic E-state index is 12.6. The number of amides is 1. The number of halogens is 5. The Morgan fingerprint density at radius 2 is 1.62 bits per heavy atom. The Kier molecular flexibility index (Phi) is 10.1. The highest BCUT2D eigenvalue weighted by Gasteiger charge is 2.31. The Balaban J connectivity index is 1.51. The molecule has 0 bridgehead atoms. The summed E-state index contributed by atoms with van der Waals surface area (Å²) in [5, 5.41) is 8.04. The van der Waals surface area contributed by atoms with Crippen molar-refractivity contribution in [3.8, 4) is 28.4 Å². The minimum atomic E-state index is -4.81. The second-order valence-corrected chi connectivity index (χ2v) is 10.1. The monoisotopic (exact) mass is 619 g/mol. The van der Waals surface area contributed by atoms with Crippen LogP contribution in [-0.2, 0) is 11.4 Å². The molecule has 0 saturated carbocycles. The lowest BCUT2D eigenvalue weighted by molar-refractivity contribution is -0.274. The zero-order valence-electron chi connectivity index (χ0n) is 22.4. The maximum Gasteiger partial charge on any atom is 0.573 e. The van der Waals surface area contributed by atoms with E-state index in [1.54, 1.807) is 48.7 Å². The fourth-order valence-corrected chi connectivity index (χ4v) is 4.54. The van der Waals surface area contributed by atoms with Crippen molar-refractivity contribution in [1.82, 2.24) is 15.1 Å². The van der Waals surface area contributed by atoms with E-state index in [0.29, 0.717) is 45.3 Å². The van der Waals surface area contributed by atoms with E-state index < -0.39 is 6.36 Å². The van der Waals surface area contributed by atoms with Crippen molar-refractivity contribution in [3.63, 3.8) is 0 Å². The van der Waals surface area contributed by atoms with Crippen molar-refractivity contribution in [3.05, 3.63) is 94.1 Å². The first-order chi connectivity index (χ1) is 20.0. The summed E-state index contributed by atoms with van der Waals surface area (Å²) in [5.41, 5.74) is 2.75. The van der Waals surface area contributed by atoms with E-state index >= 15 is 0 Å². The molecule has 220 valence electrons. The number of nitrogens with zero attached hydrogens (tertiary/aromatic N) is 2. The van der Waals surface area contributed by atoms with E-state index in [0.717, 1.165) is 12.0 Å². The van der Waals surface area contributed by atoms with Crippen molar-refractivity contribution < 1.29 is 32.2 Å². The lowest BCUT2D eigenvalue weighted by atomic mass is 10.1. The fraction of sp³-hybridized carbons (Fsp3) is 0.233. The lowest BCUT2D eigenvalue weighted by Gasteiger charge is -2.10. The third kappa shape index (κ3) is 8.74. The van der Waals surface area contributed by atoms with Crippen LogP contribution in [0.15, 0.2) is 72.9 Å². The average Bonchev–Trinajstić information content (AvgIpc) is 3.36. The maximum absolute atomic E-state index is 12.6. The minimum Gasteiger partial charge on any atom is -0.471 e. The van der Waals surface area contributed by atoms with Crippen LogP contribution in [0.5, 0.6) is 11.6 Å². The van der Waals surface area contributed by atoms with E-state index in [1.165, 1.54) is 28.9 Å². The van der Waals surface area contributed by atoms with Crippen LogP contribution >= 0.6 is 23.2 Å². The number of aromatic nitrogens is 2. The molecule has 0 unspecified atom stereocenters. The van der Waals surface area contributed by atoms with Gasteiger partial charge in [0.1, 0.15) is 18.1 Å². The number of carbonyl (C=O) groups is 2. The molecule has 4 aromatic rings. The molecule has 1 amide bonds. The third-order valence-electron chi connectivity index (χ3n) is 6.00. The van der Waals surface area contributed by atoms with E-state index in [2.05, 4.69) is 15.2 Å². The van der Waals surface area contributed by atoms with Gasteiger partial charge < -0.3 is 14.8 Å². The van der Waals surface area contributed by atoms with Gasteiger partial charge in [0.2, 0.25) is 5.88 Å². The molecule has 7 nitrogen and oxygen atoms in total. The Labute approximate surface area is 250 Å². The second-order valence-electron chi connectivity index (χ2n) is 9.27. The summed E-state index contributed by atoms with van der Waals surface area (Å²) in [4.78, 5) is 24.1. The summed E-state index contributed by atoms with van der Waals surface area (Å²) < 4.78 is 49.3. The van der Waals surface area contributed by atoms with Crippen molar-refractivity contribution in [2.75, 3.05) is 6.54 Å². The van der Waals surface area contributed by atoms with Gasteiger partial charge >= 0.3 is 6.36 Å². The first-order valence-electron chi connectivity index (χ1n) is 12.9. The summed E-state index contributed by atoms with van der Waals surface area (Å²) in [6, 6.07) is 16.9. The van der Waals surface area contributed by atoms with Gasteiger partial charge in [0.15, 0.2) is 0 Å². The fourth-order valence-electron chi connectivity index (χ4n) is 4.03. The molecule has 0 radical (unpaired) electrons. The third-order valence-corrected chi connectivity index (χ3v) is 6.44. The van der Waals surface area contributed by atoms with Gasteiger partial charge in [-0.25, -0.2) is 4.68 Å². The minimum absolute atomic E-state index is 0.0863. The molecule has 0 spiro atoms. The molecular formula is C30H26Cl2F3N3O4. The van der Waals surface area contributed by atoms with Gasteiger partial charge in [0.05, 0.1) is 11.3 Å². The Bertz CT molecular complexity index is 1520. The largest absolute Gasteiger partial charge is 0.573 e. The zero-order chi connectivity index (χ0) is 30.3. The van der Waals surface area contributed by atoms with Crippen molar-refractivity contribution >= 4 is 34.9 Å². The van der Waals surface area contributed by atoms with Crippen LogP contribution < -0.4 is 14.8 Å². The number of hydrogen-bond acceptors (Lipinski definition) is 5. The Hall–Kier alpha value is -4.02. The van der Waals surface area contributed by atoms with Crippen LogP contribution in [0.3, 0.4) is 0 Å². The normalized spacial score (nSPS) is 11.3. The molecule has 3 aromatic carbocycles. The topological polar surface area (TPSA) is 82.5 Å². The smallest absolute Gasteiger partial charge is 0.471 e. The van der Waals surface area contributed by atoms with E-state index in [9.17, 15) is 22.8 Å². The molecule has 1 aromatic heterocycles. The molecular weight excluding hydrogens is 594 g/mol. The Morgan fingerprint density at radius 3 is 2.24 bits per heavy atom. The first kappa shape index (κ1) is 30.9. The highest BCUT2D eigenvalue weighted by atomic mass is 35.5. The van der Waals surface area contributed by atoms with Gasteiger partial charge in [-0.3, -0.25) is 9.59 Å². The summed E-state index contributed by atoms with van der Waals surface area (Å²) in [5.74, 6) is -0.337. The Morgan fingerprint density at radius 1 is 0.952 bits per heavy atom. The van der Waals surface area contributed by atoms with Crippen molar-refractivity contribution in [2.24, 2.45) is 0 Å². The highest BCUT2D eigenvalue weighted by molar-refractivity contribution is 6.34. The SMILES string of the molecule is CCCC(=O)CCNC(=O)c1ccc(COc2nn(-c3cc(Cl)cc(Cl)c3)cc2-c2ccc(OC(F)(F)F)cc2)cc1. The van der Waals surface area contributed by atoms with Gasteiger partial charge in [-0.05, 0) is 60.0 Å². The molecule has 1 N–H and O–H groups in total. The van der Waals surface area contributed by atoms with Crippen LogP contribution in [0.2, 0.25) is 10.0 Å². The number of Topliss-reactive ketones (excluding diaryl/α,β-unsaturated/α-hetero) is 1. The van der Waals surface area contributed by atoms with Crippen LogP contribution in [0, 0.1) is 0 Å². The molecule has 0 aliphatic heterocycles. The van der Waals surface area contributed by atoms with Gasteiger partial charge in [-0.15, -0.1) is 18.3 Å². The highest BCUT2D eigenvalue weighted by Crippen LogP contribution is 2.34. The molecule has 0 aliphatic rings. The molecule has 1 heterocycles. The number of alkyl halides is 3. The van der Waals surface area contributed by atoms with Crippen LogP contribution in [0.1, 0.15) is 42.1 Å².